The third-order valence-corrected chi connectivity index (χ3v) is 5.64. The second-order valence-corrected chi connectivity index (χ2v) is 7.68. The van der Waals surface area contributed by atoms with Crippen LogP contribution >= 0.6 is 11.6 Å². The number of rotatable bonds is 5. The van der Waals surface area contributed by atoms with Gasteiger partial charge in [0.05, 0.1) is 17.9 Å². The van der Waals surface area contributed by atoms with Crippen LogP contribution in [0.3, 0.4) is 0 Å². The molecule has 168 valence electrons. The van der Waals surface area contributed by atoms with Crippen molar-refractivity contribution >= 4 is 17.3 Å². The van der Waals surface area contributed by atoms with Crippen LogP contribution in [0.2, 0.25) is 5.02 Å². The first kappa shape index (κ1) is 24.9. The Morgan fingerprint density at radius 1 is 1.32 bits per heavy atom. The highest BCUT2D eigenvalue weighted by Gasteiger charge is 2.26. The number of nitrogens with zero attached hydrogens (tertiary/aromatic N) is 4. The summed E-state index contributed by atoms with van der Waals surface area (Å²) in [4.78, 5) is 4.74. The van der Waals surface area contributed by atoms with Crippen LogP contribution in [0.5, 0.6) is 0 Å². The molecule has 1 fully saturated rings. The molecule has 8 heteroatoms. The van der Waals surface area contributed by atoms with E-state index in [0.717, 1.165) is 31.9 Å². The molecule has 5 N–H and O–H groups in total. The fourth-order valence-electron chi connectivity index (χ4n) is 3.55. The Labute approximate surface area is 191 Å². The number of anilines is 1. The van der Waals surface area contributed by atoms with Gasteiger partial charge in [0.25, 0.3) is 0 Å². The molecule has 1 aromatic rings. The van der Waals surface area contributed by atoms with Crippen molar-refractivity contribution in [1.82, 2.24) is 15.1 Å². The fourth-order valence-corrected chi connectivity index (χ4v) is 3.73. The van der Waals surface area contributed by atoms with Gasteiger partial charge in [0.2, 0.25) is 0 Å². The topological polar surface area (TPSA) is 97.6 Å². The van der Waals surface area contributed by atoms with E-state index < -0.39 is 0 Å². The normalized spacial score (nSPS) is 21.2. The maximum atomic E-state index is 9.06. The second kappa shape index (κ2) is 12.5. The van der Waals surface area contributed by atoms with Gasteiger partial charge < -0.3 is 5.73 Å². The van der Waals surface area contributed by atoms with Crippen LogP contribution in [0, 0.1) is 11.3 Å². The smallest absolute Gasteiger partial charge is 0.0988 e. The lowest BCUT2D eigenvalue weighted by molar-refractivity contribution is 0.0865. The largest absolute Gasteiger partial charge is 0.400 e. The van der Waals surface area contributed by atoms with Crippen LogP contribution in [0.1, 0.15) is 20.8 Å². The molecule has 7 nitrogen and oxygen atoms in total. The zero-order valence-electron chi connectivity index (χ0n) is 18.6. The van der Waals surface area contributed by atoms with Crippen molar-refractivity contribution in [3.63, 3.8) is 0 Å². The van der Waals surface area contributed by atoms with Gasteiger partial charge in [-0.05, 0) is 31.2 Å². The minimum absolute atomic E-state index is 0.0758. The number of halogens is 1. The van der Waals surface area contributed by atoms with Gasteiger partial charge >= 0.3 is 0 Å². The number of piperazine rings is 1. The molecule has 1 saturated heterocycles. The molecule has 2 atom stereocenters. The van der Waals surface area contributed by atoms with Gasteiger partial charge in [0.15, 0.2) is 0 Å². The Morgan fingerprint density at radius 3 is 2.68 bits per heavy atom. The van der Waals surface area contributed by atoms with E-state index in [1.165, 1.54) is 5.01 Å². The molecule has 0 spiro atoms. The van der Waals surface area contributed by atoms with Crippen LogP contribution in [0.15, 0.2) is 60.0 Å². The van der Waals surface area contributed by atoms with Crippen molar-refractivity contribution in [3.05, 3.63) is 65.0 Å². The van der Waals surface area contributed by atoms with Crippen LogP contribution < -0.4 is 21.9 Å². The van der Waals surface area contributed by atoms with E-state index in [1.54, 1.807) is 12.3 Å². The van der Waals surface area contributed by atoms with Crippen LogP contribution in [0.4, 0.5) is 5.69 Å². The SMILES string of the molecule is CC.CC(/C(N)=C/N(N)c1cccc(Cl)c1)N1CCN(C2C=CC(C#N)=CCN2)CC1. The Bertz CT molecular complexity index is 835. The van der Waals surface area contributed by atoms with Gasteiger partial charge in [-0.25, -0.2) is 5.84 Å². The summed E-state index contributed by atoms with van der Waals surface area (Å²) >= 11 is 6.04. The second-order valence-electron chi connectivity index (χ2n) is 7.25. The lowest BCUT2D eigenvalue weighted by atomic mass is 10.1. The molecule has 0 bridgehead atoms. The first-order valence-corrected chi connectivity index (χ1v) is 11.1. The number of hydrogen-bond donors (Lipinski definition) is 3. The van der Waals surface area contributed by atoms with Crippen molar-refractivity contribution in [3.8, 4) is 6.07 Å². The lowest BCUT2D eigenvalue weighted by Crippen LogP contribution is -2.56. The Morgan fingerprint density at radius 2 is 2.03 bits per heavy atom. The number of nitrogens with one attached hydrogen (secondary N) is 1. The van der Waals surface area contributed by atoms with Gasteiger partial charge in [-0.15, -0.1) is 0 Å². The van der Waals surface area contributed by atoms with E-state index in [4.69, 9.17) is 28.4 Å². The van der Waals surface area contributed by atoms with Gasteiger partial charge in [-0.3, -0.25) is 20.1 Å². The molecule has 2 heterocycles. The quantitative estimate of drug-likeness (QED) is 0.475. The molecule has 2 aliphatic rings. The standard InChI is InChI=1S/C21H28ClN7.C2H6/c1-16(20(24)15-29(25)19-4-2-3-18(22)13-19)27-9-11-28(12-10-27)21-6-5-17(14-23)7-8-26-21;1-2/h2-7,13,15-16,21,26H,8-12,24-25H2,1H3;1-2H3/b20-15-;. The maximum absolute atomic E-state index is 9.06. The van der Waals surface area contributed by atoms with E-state index in [9.17, 15) is 0 Å². The predicted molar refractivity (Wildman–Crippen MR) is 129 cm³/mol. The minimum atomic E-state index is 0.0758. The summed E-state index contributed by atoms with van der Waals surface area (Å²) < 4.78 is 0. The molecule has 0 amide bonds. The van der Waals surface area contributed by atoms with Gasteiger partial charge in [-0.1, -0.05) is 43.7 Å². The molecule has 3 rings (SSSR count). The highest BCUT2D eigenvalue weighted by molar-refractivity contribution is 6.30. The Hall–Kier alpha value is -2.34. The van der Waals surface area contributed by atoms with E-state index in [-0.39, 0.29) is 12.2 Å². The summed E-state index contributed by atoms with van der Waals surface area (Å²) in [5, 5.41) is 14.6. The summed E-state index contributed by atoms with van der Waals surface area (Å²) in [6, 6.07) is 9.63. The van der Waals surface area contributed by atoms with Crippen molar-refractivity contribution in [1.29, 1.82) is 5.26 Å². The van der Waals surface area contributed by atoms with Crippen LogP contribution in [-0.2, 0) is 0 Å². The number of hydrogen-bond acceptors (Lipinski definition) is 7. The van der Waals surface area contributed by atoms with E-state index >= 15 is 0 Å². The minimum Gasteiger partial charge on any atom is -0.400 e. The Kier molecular flexibility index (Phi) is 10.0. The highest BCUT2D eigenvalue weighted by atomic mass is 35.5. The summed E-state index contributed by atoms with van der Waals surface area (Å²) in [5.74, 6) is 6.14. The summed E-state index contributed by atoms with van der Waals surface area (Å²) in [6.07, 6.45) is 7.77. The highest BCUT2D eigenvalue weighted by Crippen LogP contribution is 2.19. The van der Waals surface area contributed by atoms with Gasteiger partial charge in [-0.2, -0.15) is 5.26 Å². The first-order chi connectivity index (χ1) is 15.0. The number of hydrazine groups is 1. The first-order valence-electron chi connectivity index (χ1n) is 10.7. The molecular weight excluding hydrogens is 410 g/mol. The average molecular weight is 444 g/mol. The fraction of sp³-hybridized carbons (Fsp3) is 0.435. The van der Waals surface area contributed by atoms with Crippen molar-refractivity contribution in [2.24, 2.45) is 11.6 Å². The van der Waals surface area contributed by atoms with Gasteiger partial charge in [0, 0.05) is 61.3 Å². The zero-order valence-corrected chi connectivity index (χ0v) is 19.4. The molecule has 0 aromatic heterocycles. The molecule has 0 radical (unpaired) electrons. The number of allylic oxidation sites excluding steroid dienone is 2. The van der Waals surface area contributed by atoms with E-state index in [0.29, 0.717) is 22.8 Å². The van der Waals surface area contributed by atoms with E-state index in [2.05, 4.69) is 34.2 Å². The molecule has 1 aromatic carbocycles. The van der Waals surface area contributed by atoms with Crippen molar-refractivity contribution in [2.45, 2.75) is 33.0 Å². The molecular formula is C23H34ClN7. The summed E-state index contributed by atoms with van der Waals surface area (Å²) in [5.41, 5.74) is 8.54. The monoisotopic (exact) mass is 443 g/mol. The molecule has 2 unspecified atom stereocenters. The number of nitrogens with two attached hydrogens (primary N) is 2. The Balaban J connectivity index is 0.00000166. The molecule has 0 saturated carbocycles. The van der Waals surface area contributed by atoms with Crippen LogP contribution in [-0.4, -0.2) is 54.7 Å². The van der Waals surface area contributed by atoms with E-state index in [1.807, 2.05) is 44.2 Å². The third-order valence-electron chi connectivity index (χ3n) is 5.40. The van der Waals surface area contributed by atoms with Crippen molar-refractivity contribution in [2.75, 3.05) is 37.7 Å². The number of benzene rings is 1. The molecule has 31 heavy (non-hydrogen) atoms. The van der Waals surface area contributed by atoms with Gasteiger partial charge in [0.1, 0.15) is 0 Å². The zero-order chi connectivity index (χ0) is 22.8. The van der Waals surface area contributed by atoms with Crippen LogP contribution in [0.25, 0.3) is 0 Å². The third kappa shape index (κ3) is 7.10. The summed E-state index contributed by atoms with van der Waals surface area (Å²) in [7, 11) is 0. The average Bonchev–Trinajstić information content (AvgIpc) is 3.05. The summed E-state index contributed by atoms with van der Waals surface area (Å²) in [6.45, 7) is 10.4. The van der Waals surface area contributed by atoms with Crippen molar-refractivity contribution < 1.29 is 0 Å². The predicted octanol–water partition coefficient (Wildman–Crippen LogP) is 2.79. The maximum Gasteiger partial charge on any atom is 0.0988 e. The number of nitriles is 1. The molecule has 2 aliphatic heterocycles. The molecule has 0 aliphatic carbocycles. The lowest BCUT2D eigenvalue weighted by Gasteiger charge is -2.41.